The monoisotopic (exact) mass is 351 g/mol. The van der Waals surface area contributed by atoms with Gasteiger partial charge < -0.3 is 19.5 Å². The van der Waals surface area contributed by atoms with Gasteiger partial charge in [-0.25, -0.2) is 4.98 Å². The molecule has 0 atom stereocenters. The summed E-state index contributed by atoms with van der Waals surface area (Å²) in [5.41, 5.74) is 1.94. The second kappa shape index (κ2) is 8.20. The second-order valence-corrected chi connectivity index (χ2v) is 5.66. The average Bonchev–Trinajstić information content (AvgIpc) is 2.67. The summed E-state index contributed by atoms with van der Waals surface area (Å²) in [6.07, 6.45) is 0. The lowest BCUT2D eigenvalue weighted by molar-refractivity contribution is 0.410. The highest BCUT2D eigenvalue weighted by Crippen LogP contribution is 2.23. The molecule has 0 saturated carbocycles. The normalized spacial score (nSPS) is 10.3. The molecule has 1 aromatic heterocycles. The average molecular weight is 351 g/mol. The van der Waals surface area contributed by atoms with Crippen molar-refractivity contribution >= 4 is 5.82 Å². The molecule has 0 aliphatic rings. The fourth-order valence-corrected chi connectivity index (χ4v) is 2.36. The quantitative estimate of drug-likeness (QED) is 0.688. The van der Waals surface area contributed by atoms with Crippen molar-refractivity contribution in [3.63, 3.8) is 0 Å². The largest absolute Gasteiger partial charge is 0.497 e. The molecule has 0 spiro atoms. The van der Waals surface area contributed by atoms with E-state index in [9.17, 15) is 0 Å². The van der Waals surface area contributed by atoms with E-state index in [0.29, 0.717) is 24.1 Å². The minimum Gasteiger partial charge on any atom is -0.497 e. The summed E-state index contributed by atoms with van der Waals surface area (Å²) in [4.78, 5) is 8.75. The number of methoxy groups -OCH3 is 2. The Balaban J connectivity index is 1.67. The van der Waals surface area contributed by atoms with E-state index in [1.165, 1.54) is 0 Å². The number of anilines is 1. The predicted octanol–water partition coefficient (Wildman–Crippen LogP) is 4.21. The third kappa shape index (κ3) is 4.63. The highest BCUT2D eigenvalue weighted by atomic mass is 16.5. The SMILES string of the molecule is COc1ccc(CNc2cc(C)nc(Oc3ccc(OC)cc3)n2)cc1. The molecule has 0 radical (unpaired) electrons. The first-order valence-electron chi connectivity index (χ1n) is 8.20. The number of aryl methyl sites for hydroxylation is 1. The molecule has 0 saturated heterocycles. The van der Waals surface area contributed by atoms with E-state index in [4.69, 9.17) is 14.2 Å². The summed E-state index contributed by atoms with van der Waals surface area (Å²) in [5.74, 6) is 2.96. The Morgan fingerprint density at radius 3 is 2.00 bits per heavy atom. The van der Waals surface area contributed by atoms with E-state index in [-0.39, 0.29) is 0 Å². The number of nitrogens with one attached hydrogen (secondary N) is 1. The van der Waals surface area contributed by atoms with Crippen LogP contribution in [0.3, 0.4) is 0 Å². The van der Waals surface area contributed by atoms with Gasteiger partial charge in [0.1, 0.15) is 23.1 Å². The zero-order chi connectivity index (χ0) is 18.4. The Labute approximate surface area is 152 Å². The topological polar surface area (TPSA) is 65.5 Å². The zero-order valence-corrected chi connectivity index (χ0v) is 15.0. The van der Waals surface area contributed by atoms with Gasteiger partial charge in [0.15, 0.2) is 0 Å². The van der Waals surface area contributed by atoms with Crippen molar-refractivity contribution in [2.24, 2.45) is 0 Å². The molecule has 1 N–H and O–H groups in total. The number of nitrogens with zero attached hydrogens (tertiary/aromatic N) is 2. The number of aromatic nitrogens is 2. The maximum Gasteiger partial charge on any atom is 0.324 e. The molecule has 0 unspecified atom stereocenters. The molecular formula is C20H21N3O3. The lowest BCUT2D eigenvalue weighted by Gasteiger charge is -2.10. The van der Waals surface area contributed by atoms with E-state index in [1.807, 2.05) is 61.5 Å². The first-order chi connectivity index (χ1) is 12.7. The van der Waals surface area contributed by atoms with Crippen LogP contribution >= 0.6 is 0 Å². The molecule has 134 valence electrons. The minimum absolute atomic E-state index is 0.299. The Bertz CT molecular complexity index is 849. The van der Waals surface area contributed by atoms with Crippen molar-refractivity contribution in [3.8, 4) is 23.3 Å². The highest BCUT2D eigenvalue weighted by molar-refractivity contribution is 5.40. The van der Waals surface area contributed by atoms with Crippen molar-refractivity contribution < 1.29 is 14.2 Å². The first kappa shape index (κ1) is 17.5. The number of hydrogen-bond donors (Lipinski definition) is 1. The Morgan fingerprint density at radius 2 is 1.38 bits per heavy atom. The van der Waals surface area contributed by atoms with Crippen LogP contribution in [0.1, 0.15) is 11.3 Å². The third-order valence-electron chi connectivity index (χ3n) is 3.73. The predicted molar refractivity (Wildman–Crippen MR) is 100 cm³/mol. The first-order valence-corrected chi connectivity index (χ1v) is 8.20. The molecule has 3 rings (SSSR count). The van der Waals surface area contributed by atoms with Crippen LogP contribution in [0.2, 0.25) is 0 Å². The van der Waals surface area contributed by atoms with Gasteiger partial charge in [-0.1, -0.05) is 12.1 Å². The van der Waals surface area contributed by atoms with Crippen LogP contribution in [0, 0.1) is 6.92 Å². The number of rotatable bonds is 7. The molecule has 0 fully saturated rings. The Morgan fingerprint density at radius 1 is 0.808 bits per heavy atom. The van der Waals surface area contributed by atoms with Gasteiger partial charge >= 0.3 is 6.01 Å². The van der Waals surface area contributed by atoms with Crippen LogP contribution in [0.25, 0.3) is 0 Å². The van der Waals surface area contributed by atoms with Gasteiger partial charge in [-0.3, -0.25) is 0 Å². The van der Waals surface area contributed by atoms with Crippen LogP contribution in [-0.2, 0) is 6.54 Å². The van der Waals surface area contributed by atoms with Crippen molar-refractivity contribution in [3.05, 3.63) is 65.9 Å². The van der Waals surface area contributed by atoms with Crippen LogP contribution < -0.4 is 19.5 Å². The molecule has 1 heterocycles. The maximum atomic E-state index is 5.75. The smallest absolute Gasteiger partial charge is 0.324 e. The lowest BCUT2D eigenvalue weighted by atomic mass is 10.2. The second-order valence-electron chi connectivity index (χ2n) is 5.66. The zero-order valence-electron chi connectivity index (χ0n) is 15.0. The van der Waals surface area contributed by atoms with Gasteiger partial charge in [-0.05, 0) is 48.9 Å². The summed E-state index contributed by atoms with van der Waals surface area (Å²) in [7, 11) is 3.28. The van der Waals surface area contributed by atoms with Gasteiger partial charge in [-0.2, -0.15) is 4.98 Å². The molecule has 0 bridgehead atoms. The molecular weight excluding hydrogens is 330 g/mol. The molecule has 2 aromatic carbocycles. The van der Waals surface area contributed by atoms with Gasteiger partial charge in [0, 0.05) is 18.3 Å². The number of benzene rings is 2. The van der Waals surface area contributed by atoms with Crippen molar-refractivity contribution in [2.75, 3.05) is 19.5 Å². The minimum atomic E-state index is 0.299. The highest BCUT2D eigenvalue weighted by Gasteiger charge is 2.06. The van der Waals surface area contributed by atoms with Crippen LogP contribution in [0.4, 0.5) is 5.82 Å². The standard InChI is InChI=1S/C20H21N3O3/c1-14-12-19(21-13-15-4-6-16(24-2)7-5-15)23-20(22-14)26-18-10-8-17(25-3)9-11-18/h4-12H,13H2,1-3H3,(H,21,22,23). The van der Waals surface area contributed by atoms with Crippen molar-refractivity contribution in [2.45, 2.75) is 13.5 Å². The summed E-state index contributed by atoms with van der Waals surface area (Å²) >= 11 is 0. The van der Waals surface area contributed by atoms with Crippen molar-refractivity contribution in [1.82, 2.24) is 9.97 Å². The fourth-order valence-electron chi connectivity index (χ4n) is 2.36. The molecule has 3 aromatic rings. The summed E-state index contributed by atoms with van der Waals surface area (Å²) in [5, 5.41) is 3.29. The molecule has 0 amide bonds. The summed E-state index contributed by atoms with van der Waals surface area (Å²) < 4.78 is 16.1. The Kier molecular flexibility index (Phi) is 5.53. The maximum absolute atomic E-state index is 5.75. The molecule has 26 heavy (non-hydrogen) atoms. The van der Waals surface area contributed by atoms with E-state index in [2.05, 4.69) is 15.3 Å². The molecule has 6 nitrogen and oxygen atoms in total. The lowest BCUT2D eigenvalue weighted by Crippen LogP contribution is -2.04. The van der Waals surface area contributed by atoms with Gasteiger partial charge in [0.2, 0.25) is 0 Å². The Hall–Kier alpha value is -3.28. The molecule has 0 aliphatic heterocycles. The number of ether oxygens (including phenoxy) is 3. The van der Waals surface area contributed by atoms with Gasteiger partial charge in [0.25, 0.3) is 0 Å². The van der Waals surface area contributed by atoms with E-state index >= 15 is 0 Å². The van der Waals surface area contributed by atoms with Crippen molar-refractivity contribution in [1.29, 1.82) is 0 Å². The third-order valence-corrected chi connectivity index (χ3v) is 3.73. The molecule has 0 aliphatic carbocycles. The summed E-state index contributed by atoms with van der Waals surface area (Å²) in [6.45, 7) is 2.55. The fraction of sp³-hybridized carbons (Fsp3) is 0.200. The van der Waals surface area contributed by atoms with E-state index in [1.54, 1.807) is 14.2 Å². The molecule has 6 heteroatoms. The van der Waals surface area contributed by atoms with E-state index < -0.39 is 0 Å². The van der Waals surface area contributed by atoms with Crippen LogP contribution in [0.5, 0.6) is 23.3 Å². The van der Waals surface area contributed by atoms with Gasteiger partial charge in [0.05, 0.1) is 14.2 Å². The van der Waals surface area contributed by atoms with Gasteiger partial charge in [-0.15, -0.1) is 0 Å². The van der Waals surface area contributed by atoms with E-state index in [0.717, 1.165) is 22.8 Å². The number of hydrogen-bond acceptors (Lipinski definition) is 6. The van der Waals surface area contributed by atoms with Crippen LogP contribution in [-0.4, -0.2) is 24.2 Å². The van der Waals surface area contributed by atoms with Crippen LogP contribution in [0.15, 0.2) is 54.6 Å². The summed E-state index contributed by atoms with van der Waals surface area (Å²) in [6, 6.07) is 17.3.